The Morgan fingerprint density at radius 1 is 1.06 bits per heavy atom. The first-order valence-electron chi connectivity index (χ1n) is 5.38. The lowest BCUT2D eigenvalue weighted by Crippen LogP contribution is -2.27. The van der Waals surface area contributed by atoms with Gasteiger partial charge < -0.3 is 21.1 Å². The fourth-order valence-corrected chi connectivity index (χ4v) is 1.91. The summed E-state index contributed by atoms with van der Waals surface area (Å²) < 4.78 is 0. The fourth-order valence-electron chi connectivity index (χ4n) is 1.91. The highest BCUT2D eigenvalue weighted by atomic mass is 16.4. The van der Waals surface area contributed by atoms with E-state index in [1.165, 1.54) is 6.07 Å². The average Bonchev–Trinajstić information content (AvgIpc) is 2.38. The van der Waals surface area contributed by atoms with Crippen LogP contribution in [0.2, 0.25) is 0 Å². The second-order valence-electron chi connectivity index (χ2n) is 4.02. The molecule has 2 unspecified atom stereocenters. The maximum absolute atomic E-state index is 10.7. The number of hydrogen-bond donors (Lipinski definition) is 4. The SMILES string of the molecule is Nc1ccc(C(O)C(O)C(=O)O)c2ccccc12. The van der Waals surface area contributed by atoms with E-state index in [1.54, 1.807) is 30.3 Å². The van der Waals surface area contributed by atoms with Crippen molar-refractivity contribution in [2.45, 2.75) is 12.2 Å². The number of aliphatic hydroxyl groups is 2. The first-order valence-corrected chi connectivity index (χ1v) is 5.38. The van der Waals surface area contributed by atoms with Gasteiger partial charge in [-0.3, -0.25) is 0 Å². The van der Waals surface area contributed by atoms with E-state index in [0.717, 1.165) is 0 Å². The molecule has 0 radical (unpaired) electrons. The number of carbonyl (C=O) groups is 1. The molecule has 2 aromatic rings. The number of carboxylic acid groups (broad SMARTS) is 1. The van der Waals surface area contributed by atoms with E-state index in [-0.39, 0.29) is 0 Å². The molecule has 2 atom stereocenters. The molecular weight excluding hydrogens is 234 g/mol. The van der Waals surface area contributed by atoms with E-state index >= 15 is 0 Å². The number of benzene rings is 2. The third-order valence-corrected chi connectivity index (χ3v) is 2.86. The fraction of sp³-hybridized carbons (Fsp3) is 0.154. The van der Waals surface area contributed by atoms with Crippen molar-refractivity contribution in [3.63, 3.8) is 0 Å². The summed E-state index contributed by atoms with van der Waals surface area (Å²) in [4.78, 5) is 10.7. The number of rotatable bonds is 3. The van der Waals surface area contributed by atoms with E-state index < -0.39 is 18.2 Å². The molecule has 0 amide bonds. The van der Waals surface area contributed by atoms with Gasteiger partial charge in [-0.25, -0.2) is 4.79 Å². The highest BCUT2D eigenvalue weighted by Crippen LogP contribution is 2.30. The van der Waals surface area contributed by atoms with Crippen LogP contribution in [0, 0.1) is 0 Å². The van der Waals surface area contributed by atoms with Gasteiger partial charge in [0.25, 0.3) is 0 Å². The molecule has 0 bridgehead atoms. The molecular formula is C13H13NO4. The second kappa shape index (κ2) is 4.64. The summed E-state index contributed by atoms with van der Waals surface area (Å²) in [6, 6.07) is 10.1. The molecule has 0 heterocycles. The molecule has 0 spiro atoms. The van der Waals surface area contributed by atoms with Gasteiger partial charge in [0.2, 0.25) is 0 Å². The number of hydrogen-bond acceptors (Lipinski definition) is 4. The molecule has 5 nitrogen and oxygen atoms in total. The first kappa shape index (κ1) is 12.3. The Hall–Kier alpha value is -2.11. The zero-order valence-corrected chi connectivity index (χ0v) is 9.45. The summed E-state index contributed by atoms with van der Waals surface area (Å²) in [7, 11) is 0. The van der Waals surface area contributed by atoms with Crippen molar-refractivity contribution in [2.24, 2.45) is 0 Å². The Bertz CT molecular complexity index is 597. The molecule has 0 aromatic heterocycles. The predicted molar refractivity (Wildman–Crippen MR) is 67.0 cm³/mol. The Morgan fingerprint density at radius 2 is 1.67 bits per heavy atom. The standard InChI is InChI=1S/C13H13NO4/c14-10-6-5-9(11(15)12(16)13(17)18)7-3-1-2-4-8(7)10/h1-6,11-12,15-16H,14H2,(H,17,18). The van der Waals surface area contributed by atoms with Crippen LogP contribution >= 0.6 is 0 Å². The quantitative estimate of drug-likeness (QED) is 0.603. The van der Waals surface area contributed by atoms with Gasteiger partial charge in [-0.15, -0.1) is 0 Å². The molecule has 2 rings (SSSR count). The lowest BCUT2D eigenvalue weighted by Gasteiger charge is -2.17. The summed E-state index contributed by atoms with van der Waals surface area (Å²) in [6.45, 7) is 0. The normalized spacial score (nSPS) is 14.3. The van der Waals surface area contributed by atoms with Crippen molar-refractivity contribution >= 4 is 22.4 Å². The van der Waals surface area contributed by atoms with Crippen molar-refractivity contribution in [2.75, 3.05) is 5.73 Å². The number of nitrogens with two attached hydrogens (primary N) is 1. The molecule has 0 fully saturated rings. The third kappa shape index (κ3) is 2.01. The molecule has 0 saturated carbocycles. The van der Waals surface area contributed by atoms with Gasteiger partial charge in [0, 0.05) is 11.1 Å². The highest BCUT2D eigenvalue weighted by Gasteiger charge is 2.26. The topological polar surface area (TPSA) is 104 Å². The minimum absolute atomic E-state index is 0.342. The minimum atomic E-state index is -1.86. The maximum atomic E-state index is 10.7. The van der Waals surface area contributed by atoms with Gasteiger partial charge in [0.15, 0.2) is 6.10 Å². The Labute approximate surface area is 103 Å². The number of carboxylic acids is 1. The van der Waals surface area contributed by atoms with E-state index in [1.807, 2.05) is 0 Å². The molecule has 0 saturated heterocycles. The third-order valence-electron chi connectivity index (χ3n) is 2.86. The van der Waals surface area contributed by atoms with Gasteiger partial charge in [-0.2, -0.15) is 0 Å². The van der Waals surface area contributed by atoms with Crippen LogP contribution in [0.5, 0.6) is 0 Å². The maximum Gasteiger partial charge on any atom is 0.335 e. The van der Waals surface area contributed by atoms with Crippen LogP contribution < -0.4 is 5.73 Å². The summed E-state index contributed by atoms with van der Waals surface area (Å²) in [5.41, 5.74) is 6.68. The highest BCUT2D eigenvalue weighted by molar-refractivity contribution is 5.95. The smallest absolute Gasteiger partial charge is 0.335 e. The molecule has 94 valence electrons. The van der Waals surface area contributed by atoms with Crippen LogP contribution in [0.1, 0.15) is 11.7 Å². The summed E-state index contributed by atoms with van der Waals surface area (Å²) in [5.74, 6) is -1.47. The zero-order valence-electron chi connectivity index (χ0n) is 9.45. The number of nitrogen functional groups attached to an aromatic ring is 1. The monoisotopic (exact) mass is 247 g/mol. The van der Waals surface area contributed by atoms with Gasteiger partial charge >= 0.3 is 5.97 Å². The number of aliphatic hydroxyl groups excluding tert-OH is 2. The van der Waals surface area contributed by atoms with Crippen LogP contribution in [-0.4, -0.2) is 27.4 Å². The zero-order chi connectivity index (χ0) is 13.3. The number of fused-ring (bicyclic) bond motifs is 1. The van der Waals surface area contributed by atoms with Gasteiger partial charge in [0.1, 0.15) is 6.10 Å². The molecule has 5 heteroatoms. The van der Waals surface area contributed by atoms with Gasteiger partial charge in [-0.1, -0.05) is 30.3 Å². The van der Waals surface area contributed by atoms with Crippen molar-refractivity contribution in [1.29, 1.82) is 0 Å². The first-order chi connectivity index (χ1) is 8.52. The molecule has 0 aliphatic heterocycles. The van der Waals surface area contributed by atoms with E-state index in [0.29, 0.717) is 22.0 Å². The van der Waals surface area contributed by atoms with E-state index in [4.69, 9.17) is 10.8 Å². The van der Waals surface area contributed by atoms with Crippen molar-refractivity contribution in [3.05, 3.63) is 42.0 Å². The molecule has 5 N–H and O–H groups in total. The van der Waals surface area contributed by atoms with Gasteiger partial charge in [0.05, 0.1) is 0 Å². The van der Waals surface area contributed by atoms with Crippen LogP contribution in [0.3, 0.4) is 0 Å². The second-order valence-corrected chi connectivity index (χ2v) is 4.02. The number of aliphatic carboxylic acids is 1. The Kier molecular flexibility index (Phi) is 3.18. The average molecular weight is 247 g/mol. The number of anilines is 1. The lowest BCUT2D eigenvalue weighted by atomic mass is 9.96. The van der Waals surface area contributed by atoms with Crippen molar-refractivity contribution < 1.29 is 20.1 Å². The summed E-state index contributed by atoms with van der Waals surface area (Å²) in [6.07, 6.45) is -3.36. The summed E-state index contributed by atoms with van der Waals surface area (Å²) >= 11 is 0. The van der Waals surface area contributed by atoms with E-state index in [2.05, 4.69) is 0 Å². The largest absolute Gasteiger partial charge is 0.479 e. The van der Waals surface area contributed by atoms with Crippen molar-refractivity contribution in [1.82, 2.24) is 0 Å². The van der Waals surface area contributed by atoms with Crippen molar-refractivity contribution in [3.8, 4) is 0 Å². The molecule has 18 heavy (non-hydrogen) atoms. The Balaban J connectivity index is 2.58. The lowest BCUT2D eigenvalue weighted by molar-refractivity contribution is -0.153. The van der Waals surface area contributed by atoms with Crippen LogP contribution in [0.25, 0.3) is 10.8 Å². The Morgan fingerprint density at radius 3 is 2.28 bits per heavy atom. The minimum Gasteiger partial charge on any atom is -0.479 e. The van der Waals surface area contributed by atoms with Crippen LogP contribution in [0.15, 0.2) is 36.4 Å². The van der Waals surface area contributed by atoms with Crippen LogP contribution in [-0.2, 0) is 4.79 Å². The van der Waals surface area contributed by atoms with Crippen LogP contribution in [0.4, 0.5) is 5.69 Å². The van der Waals surface area contributed by atoms with Gasteiger partial charge in [-0.05, 0) is 17.0 Å². The molecule has 0 aliphatic carbocycles. The predicted octanol–water partition coefficient (Wildman–Crippen LogP) is 0.901. The molecule has 2 aromatic carbocycles. The van der Waals surface area contributed by atoms with E-state index in [9.17, 15) is 15.0 Å². The summed E-state index contributed by atoms with van der Waals surface area (Å²) in [5, 5.41) is 29.3. The molecule has 0 aliphatic rings.